The summed E-state index contributed by atoms with van der Waals surface area (Å²) in [4.78, 5) is 20.4. The largest absolute Gasteiger partial charge is 0.493 e. The van der Waals surface area contributed by atoms with Crippen LogP contribution in [0.1, 0.15) is 37.3 Å². The fourth-order valence-electron chi connectivity index (χ4n) is 3.41. The van der Waals surface area contributed by atoms with Crippen LogP contribution in [0.3, 0.4) is 0 Å². The average molecular weight is 424 g/mol. The molecule has 7 heteroatoms. The normalized spacial score (nSPS) is 13.0. The summed E-state index contributed by atoms with van der Waals surface area (Å²) in [5.41, 5.74) is 1.37. The number of benzene rings is 1. The van der Waals surface area contributed by atoms with Crippen molar-refractivity contribution in [3.8, 4) is 17.2 Å². The number of hydrogen-bond donors (Lipinski definition) is 1. The van der Waals surface area contributed by atoms with Gasteiger partial charge < -0.3 is 19.0 Å². The number of carboxylic acids is 1. The van der Waals surface area contributed by atoms with Crippen LogP contribution >= 0.6 is 0 Å². The first-order valence-electron chi connectivity index (χ1n) is 10.4. The van der Waals surface area contributed by atoms with Crippen LogP contribution in [0.4, 0.5) is 0 Å². The quantitative estimate of drug-likeness (QED) is 0.485. The van der Waals surface area contributed by atoms with E-state index in [2.05, 4.69) is 9.97 Å². The molecule has 7 nitrogen and oxygen atoms in total. The summed E-state index contributed by atoms with van der Waals surface area (Å²) in [5.74, 6) is 1.09. The van der Waals surface area contributed by atoms with E-state index in [4.69, 9.17) is 13.9 Å². The van der Waals surface area contributed by atoms with E-state index in [9.17, 15) is 9.90 Å². The first-order chi connectivity index (χ1) is 15.0. The lowest BCUT2D eigenvalue weighted by Gasteiger charge is -2.28. The zero-order valence-corrected chi connectivity index (χ0v) is 18.1. The molecule has 164 valence electrons. The van der Waals surface area contributed by atoms with Gasteiger partial charge in [0, 0.05) is 31.8 Å². The number of ether oxygens (including phenoxy) is 2. The molecule has 1 atom stereocenters. The van der Waals surface area contributed by atoms with Gasteiger partial charge in [-0.25, -0.2) is 9.78 Å². The van der Waals surface area contributed by atoms with Crippen LogP contribution in [0, 0.1) is 6.92 Å². The number of aliphatic carboxylic acids is 1. The Kier molecular flexibility index (Phi) is 7.41. The minimum Gasteiger partial charge on any atom is -0.493 e. The molecule has 0 unspecified atom stereocenters. The Labute approximate surface area is 182 Å². The molecule has 0 spiro atoms. The highest BCUT2D eigenvalue weighted by Crippen LogP contribution is 2.25. The number of aromatic nitrogens is 2. The van der Waals surface area contributed by atoms with Crippen LogP contribution in [0.2, 0.25) is 0 Å². The van der Waals surface area contributed by atoms with Crippen LogP contribution in [0.15, 0.2) is 53.2 Å². The van der Waals surface area contributed by atoms with Crippen molar-refractivity contribution in [3.05, 3.63) is 65.8 Å². The Bertz CT molecular complexity index is 985. The minimum atomic E-state index is -1.20. The Morgan fingerprint density at radius 2 is 1.97 bits per heavy atom. The number of carbonyl (C=O) groups is 1. The minimum absolute atomic E-state index is 0.308. The molecule has 3 rings (SSSR count). The third-order valence-corrected chi connectivity index (χ3v) is 5.20. The van der Waals surface area contributed by atoms with Crippen molar-refractivity contribution < 1.29 is 23.8 Å². The van der Waals surface area contributed by atoms with Gasteiger partial charge in [0.2, 0.25) is 5.89 Å². The topological polar surface area (TPSA) is 94.7 Å². The fourth-order valence-corrected chi connectivity index (χ4v) is 3.41. The molecule has 0 bridgehead atoms. The van der Waals surface area contributed by atoms with Gasteiger partial charge in [0.25, 0.3) is 0 Å². The van der Waals surface area contributed by atoms with Crippen LogP contribution in [0.25, 0.3) is 11.5 Å². The van der Waals surface area contributed by atoms with Gasteiger partial charge >= 0.3 is 5.97 Å². The van der Waals surface area contributed by atoms with Crippen molar-refractivity contribution in [1.82, 2.24) is 9.97 Å². The molecule has 1 aromatic carbocycles. The van der Waals surface area contributed by atoms with E-state index >= 15 is 0 Å². The summed E-state index contributed by atoms with van der Waals surface area (Å²) in [7, 11) is 0. The van der Waals surface area contributed by atoms with Crippen LogP contribution in [-0.4, -0.2) is 39.9 Å². The SMILES string of the molecule is CCO[C@@](CC)(Cc1ccc(OCCc2nc(-c3cccnc3)oc2C)cc1)C(=O)O. The number of oxazole rings is 1. The van der Waals surface area contributed by atoms with Crippen LogP contribution in [0.5, 0.6) is 5.75 Å². The Hall–Kier alpha value is -3.19. The highest BCUT2D eigenvalue weighted by molar-refractivity contribution is 5.78. The lowest BCUT2D eigenvalue weighted by Crippen LogP contribution is -2.43. The molecule has 0 radical (unpaired) electrons. The molecule has 2 heterocycles. The summed E-state index contributed by atoms with van der Waals surface area (Å²) in [6, 6.07) is 11.2. The number of aryl methyl sites for hydroxylation is 1. The van der Waals surface area contributed by atoms with Crippen molar-refractivity contribution in [3.63, 3.8) is 0 Å². The third kappa shape index (κ3) is 5.49. The second-order valence-electron chi connectivity index (χ2n) is 7.27. The first kappa shape index (κ1) is 22.5. The zero-order valence-electron chi connectivity index (χ0n) is 18.1. The summed E-state index contributed by atoms with van der Waals surface area (Å²) in [6.45, 7) is 6.32. The van der Waals surface area contributed by atoms with Gasteiger partial charge in [0.15, 0.2) is 5.60 Å². The summed E-state index contributed by atoms with van der Waals surface area (Å²) in [5, 5.41) is 9.63. The predicted molar refractivity (Wildman–Crippen MR) is 116 cm³/mol. The molecule has 0 aliphatic heterocycles. The van der Waals surface area contributed by atoms with Gasteiger partial charge in [0.1, 0.15) is 11.5 Å². The molecule has 0 amide bonds. The van der Waals surface area contributed by atoms with Crippen LogP contribution in [-0.2, 0) is 22.4 Å². The third-order valence-electron chi connectivity index (χ3n) is 5.20. The molecule has 0 fully saturated rings. The summed E-state index contributed by atoms with van der Waals surface area (Å²) >= 11 is 0. The van der Waals surface area contributed by atoms with E-state index < -0.39 is 11.6 Å². The monoisotopic (exact) mass is 424 g/mol. The first-order valence-corrected chi connectivity index (χ1v) is 10.4. The second-order valence-corrected chi connectivity index (χ2v) is 7.27. The molecular weight excluding hydrogens is 396 g/mol. The van der Waals surface area contributed by atoms with E-state index in [0.29, 0.717) is 44.1 Å². The molecule has 0 aliphatic carbocycles. The maximum absolute atomic E-state index is 11.7. The van der Waals surface area contributed by atoms with E-state index in [-0.39, 0.29) is 0 Å². The van der Waals surface area contributed by atoms with E-state index in [1.54, 1.807) is 19.3 Å². The van der Waals surface area contributed by atoms with Crippen molar-refractivity contribution in [2.24, 2.45) is 0 Å². The molecule has 3 aromatic rings. The van der Waals surface area contributed by atoms with Crippen molar-refractivity contribution in [1.29, 1.82) is 0 Å². The summed E-state index contributed by atoms with van der Waals surface area (Å²) in [6.07, 6.45) is 4.74. The molecule has 31 heavy (non-hydrogen) atoms. The smallest absolute Gasteiger partial charge is 0.336 e. The zero-order chi connectivity index (χ0) is 22.3. The maximum atomic E-state index is 11.7. The van der Waals surface area contributed by atoms with E-state index in [1.165, 1.54) is 0 Å². The van der Waals surface area contributed by atoms with Crippen molar-refractivity contribution in [2.75, 3.05) is 13.2 Å². The Morgan fingerprint density at radius 1 is 1.19 bits per heavy atom. The van der Waals surface area contributed by atoms with Gasteiger partial charge in [-0.2, -0.15) is 0 Å². The number of carboxylic acid groups (broad SMARTS) is 1. The number of nitrogens with zero attached hydrogens (tertiary/aromatic N) is 2. The molecule has 0 saturated carbocycles. The molecule has 0 saturated heterocycles. The average Bonchev–Trinajstić information content (AvgIpc) is 3.15. The Morgan fingerprint density at radius 3 is 2.58 bits per heavy atom. The number of pyridine rings is 1. The molecule has 1 N–H and O–H groups in total. The molecule has 0 aliphatic rings. The molecule has 2 aromatic heterocycles. The van der Waals surface area contributed by atoms with Gasteiger partial charge in [-0.05, 0) is 50.1 Å². The second kappa shape index (κ2) is 10.2. The standard InChI is InChI=1S/C24H28N2O5/c1-4-24(23(27)28,30-5-2)15-18-8-10-20(11-9-18)29-14-12-21-17(3)31-22(26-21)19-7-6-13-25-16-19/h6-11,13,16H,4-5,12,14-15H2,1-3H3,(H,27,28)/t24-/m0/s1. The van der Waals surface area contributed by atoms with Gasteiger partial charge in [-0.15, -0.1) is 0 Å². The van der Waals surface area contributed by atoms with Gasteiger partial charge in [0.05, 0.1) is 17.9 Å². The van der Waals surface area contributed by atoms with E-state index in [1.807, 2.05) is 50.2 Å². The Balaban J connectivity index is 1.58. The lowest BCUT2D eigenvalue weighted by atomic mass is 9.91. The molecular formula is C24H28N2O5. The highest BCUT2D eigenvalue weighted by Gasteiger charge is 2.37. The van der Waals surface area contributed by atoms with Crippen molar-refractivity contribution in [2.45, 2.75) is 45.6 Å². The number of hydrogen-bond acceptors (Lipinski definition) is 6. The highest BCUT2D eigenvalue weighted by atomic mass is 16.5. The number of rotatable bonds is 11. The van der Waals surface area contributed by atoms with Crippen molar-refractivity contribution >= 4 is 5.97 Å². The lowest BCUT2D eigenvalue weighted by molar-refractivity contribution is -0.166. The predicted octanol–water partition coefficient (Wildman–Crippen LogP) is 4.48. The fraction of sp³-hybridized carbons (Fsp3) is 0.375. The van der Waals surface area contributed by atoms with E-state index in [0.717, 1.165) is 22.6 Å². The summed E-state index contributed by atoms with van der Waals surface area (Å²) < 4.78 is 17.2. The maximum Gasteiger partial charge on any atom is 0.336 e. The van der Waals surface area contributed by atoms with Gasteiger partial charge in [-0.3, -0.25) is 4.98 Å². The van der Waals surface area contributed by atoms with Crippen LogP contribution < -0.4 is 4.74 Å². The van der Waals surface area contributed by atoms with Gasteiger partial charge in [-0.1, -0.05) is 19.1 Å².